The van der Waals surface area contributed by atoms with Gasteiger partial charge in [0.05, 0.1) is 17.6 Å². The second-order valence-electron chi connectivity index (χ2n) is 4.91. The Bertz CT molecular complexity index is 684. The molecule has 0 bridgehead atoms. The smallest absolute Gasteiger partial charge is 0.322 e. The SMILES string of the molecule is COc1ccc(S(=O)(=O)NC(C(=O)O)C(C)C)cc1C(N)=O. The van der Waals surface area contributed by atoms with Gasteiger partial charge < -0.3 is 15.6 Å². The van der Waals surface area contributed by atoms with E-state index in [4.69, 9.17) is 15.6 Å². The number of hydrogen-bond donors (Lipinski definition) is 3. The summed E-state index contributed by atoms with van der Waals surface area (Å²) in [5, 5.41) is 9.06. The highest BCUT2D eigenvalue weighted by Crippen LogP contribution is 2.22. The molecule has 0 aromatic heterocycles. The van der Waals surface area contributed by atoms with Crippen LogP contribution in [0.1, 0.15) is 24.2 Å². The fraction of sp³-hybridized carbons (Fsp3) is 0.385. The van der Waals surface area contributed by atoms with Gasteiger partial charge in [-0.3, -0.25) is 9.59 Å². The Morgan fingerprint density at radius 3 is 2.32 bits per heavy atom. The van der Waals surface area contributed by atoms with Crippen LogP contribution in [0, 0.1) is 5.92 Å². The number of carbonyl (C=O) groups is 2. The number of nitrogens with two attached hydrogens (primary N) is 1. The summed E-state index contributed by atoms with van der Waals surface area (Å²) in [5.74, 6) is -2.47. The van der Waals surface area contributed by atoms with Crippen molar-refractivity contribution in [1.29, 1.82) is 0 Å². The van der Waals surface area contributed by atoms with Crippen molar-refractivity contribution in [2.75, 3.05) is 7.11 Å². The molecule has 0 heterocycles. The van der Waals surface area contributed by atoms with E-state index < -0.39 is 33.9 Å². The molecule has 22 heavy (non-hydrogen) atoms. The maximum absolute atomic E-state index is 12.3. The number of carbonyl (C=O) groups excluding carboxylic acids is 1. The average Bonchev–Trinajstić information content (AvgIpc) is 2.43. The first kappa shape index (κ1) is 17.9. The predicted octanol–water partition coefficient (Wildman–Crippen LogP) is 0.182. The highest BCUT2D eigenvalue weighted by molar-refractivity contribution is 7.89. The number of carboxylic acids is 1. The van der Waals surface area contributed by atoms with Gasteiger partial charge in [0.25, 0.3) is 5.91 Å². The predicted molar refractivity (Wildman–Crippen MR) is 78.1 cm³/mol. The number of sulfonamides is 1. The van der Waals surface area contributed by atoms with E-state index >= 15 is 0 Å². The third-order valence-electron chi connectivity index (χ3n) is 2.96. The van der Waals surface area contributed by atoms with E-state index in [1.807, 2.05) is 0 Å². The fourth-order valence-electron chi connectivity index (χ4n) is 1.75. The summed E-state index contributed by atoms with van der Waals surface area (Å²) in [6.45, 7) is 3.15. The number of benzene rings is 1. The van der Waals surface area contributed by atoms with Gasteiger partial charge >= 0.3 is 5.97 Å². The Kier molecular flexibility index (Phi) is 5.50. The molecule has 4 N–H and O–H groups in total. The highest BCUT2D eigenvalue weighted by atomic mass is 32.2. The van der Waals surface area contributed by atoms with Gasteiger partial charge in [0.2, 0.25) is 10.0 Å². The Balaban J connectivity index is 3.26. The molecule has 1 amide bonds. The number of nitrogens with one attached hydrogen (secondary N) is 1. The normalized spacial score (nSPS) is 12.9. The minimum Gasteiger partial charge on any atom is -0.496 e. The zero-order valence-corrected chi connectivity index (χ0v) is 13.2. The number of primary amides is 1. The Labute approximate surface area is 128 Å². The van der Waals surface area contributed by atoms with Crippen LogP contribution in [0.4, 0.5) is 0 Å². The summed E-state index contributed by atoms with van der Waals surface area (Å²) < 4.78 is 31.5. The van der Waals surface area contributed by atoms with Crippen molar-refractivity contribution in [1.82, 2.24) is 4.72 Å². The summed E-state index contributed by atoms with van der Waals surface area (Å²) in [6.07, 6.45) is 0. The van der Waals surface area contributed by atoms with Crippen LogP contribution in [-0.4, -0.2) is 38.6 Å². The first-order valence-corrected chi connectivity index (χ1v) is 7.81. The molecule has 8 nitrogen and oxygen atoms in total. The van der Waals surface area contributed by atoms with Crippen LogP contribution >= 0.6 is 0 Å². The van der Waals surface area contributed by atoms with E-state index in [1.165, 1.54) is 19.2 Å². The standard InChI is InChI=1S/C13H18N2O6S/c1-7(2)11(13(17)18)15-22(19,20)8-4-5-10(21-3)9(6-8)12(14)16/h4-7,11,15H,1-3H3,(H2,14,16)(H,17,18). The second-order valence-corrected chi connectivity index (χ2v) is 6.62. The molecule has 0 aliphatic carbocycles. The van der Waals surface area contributed by atoms with Crippen LogP contribution in [0.15, 0.2) is 23.1 Å². The van der Waals surface area contributed by atoms with Gasteiger partial charge in [-0.1, -0.05) is 13.8 Å². The van der Waals surface area contributed by atoms with E-state index in [9.17, 15) is 18.0 Å². The molecule has 0 saturated carbocycles. The molecule has 0 saturated heterocycles. The van der Waals surface area contributed by atoms with Gasteiger partial charge in [0.1, 0.15) is 11.8 Å². The first-order chi connectivity index (χ1) is 10.1. The van der Waals surface area contributed by atoms with Crippen molar-refractivity contribution < 1.29 is 27.9 Å². The van der Waals surface area contributed by atoms with Crippen molar-refractivity contribution in [3.05, 3.63) is 23.8 Å². The number of methoxy groups -OCH3 is 1. The summed E-state index contributed by atoms with van der Waals surface area (Å²) in [6, 6.07) is 2.24. The van der Waals surface area contributed by atoms with Crippen molar-refractivity contribution in [3.8, 4) is 5.75 Å². The first-order valence-electron chi connectivity index (χ1n) is 6.33. The Morgan fingerprint density at radius 2 is 1.91 bits per heavy atom. The molecule has 1 rings (SSSR count). The minimum atomic E-state index is -4.12. The van der Waals surface area contributed by atoms with E-state index in [1.54, 1.807) is 13.8 Å². The van der Waals surface area contributed by atoms with Crippen LogP contribution in [0.5, 0.6) is 5.75 Å². The van der Waals surface area contributed by atoms with Gasteiger partial charge in [-0.25, -0.2) is 8.42 Å². The Morgan fingerprint density at radius 1 is 1.32 bits per heavy atom. The van der Waals surface area contributed by atoms with E-state index in [0.29, 0.717) is 0 Å². The molecule has 0 fully saturated rings. The summed E-state index contributed by atoms with van der Waals surface area (Å²) >= 11 is 0. The quantitative estimate of drug-likeness (QED) is 0.652. The molecule has 1 atom stereocenters. The largest absolute Gasteiger partial charge is 0.496 e. The lowest BCUT2D eigenvalue weighted by Crippen LogP contribution is -2.44. The second kappa shape index (κ2) is 6.75. The van der Waals surface area contributed by atoms with Crippen LogP contribution < -0.4 is 15.2 Å². The van der Waals surface area contributed by atoms with Crippen LogP contribution in [0.25, 0.3) is 0 Å². The van der Waals surface area contributed by atoms with Gasteiger partial charge in [-0.2, -0.15) is 4.72 Å². The average molecular weight is 330 g/mol. The number of aliphatic carboxylic acids is 1. The van der Waals surface area contributed by atoms with Crippen LogP contribution in [0.3, 0.4) is 0 Å². The third kappa shape index (κ3) is 3.95. The third-order valence-corrected chi connectivity index (χ3v) is 4.40. The molecule has 122 valence electrons. The van der Waals surface area contributed by atoms with Gasteiger partial charge in [0, 0.05) is 0 Å². The number of hydrogen-bond acceptors (Lipinski definition) is 5. The molecular weight excluding hydrogens is 312 g/mol. The molecule has 9 heteroatoms. The van der Waals surface area contributed by atoms with E-state index in [-0.39, 0.29) is 16.2 Å². The van der Waals surface area contributed by atoms with Crippen molar-refractivity contribution in [2.45, 2.75) is 24.8 Å². The molecule has 0 aliphatic heterocycles. The van der Waals surface area contributed by atoms with Crippen LogP contribution in [-0.2, 0) is 14.8 Å². The summed E-state index contributed by atoms with van der Waals surface area (Å²) in [5.41, 5.74) is 5.06. The van der Waals surface area contributed by atoms with Gasteiger partial charge in [-0.15, -0.1) is 0 Å². The lowest BCUT2D eigenvalue weighted by atomic mass is 10.1. The maximum atomic E-state index is 12.3. The molecule has 1 aromatic rings. The van der Waals surface area contributed by atoms with Crippen molar-refractivity contribution >= 4 is 21.9 Å². The minimum absolute atomic E-state index is 0.109. The zero-order chi connectivity index (χ0) is 17.1. The van der Waals surface area contributed by atoms with Crippen molar-refractivity contribution in [3.63, 3.8) is 0 Å². The molecule has 0 aliphatic rings. The molecular formula is C13H18N2O6S. The monoisotopic (exact) mass is 330 g/mol. The lowest BCUT2D eigenvalue weighted by Gasteiger charge is -2.18. The number of carboxylic acid groups (broad SMARTS) is 1. The zero-order valence-electron chi connectivity index (χ0n) is 12.4. The summed E-state index contributed by atoms with van der Waals surface area (Å²) in [4.78, 5) is 22.2. The van der Waals surface area contributed by atoms with E-state index in [0.717, 1.165) is 6.07 Å². The van der Waals surface area contributed by atoms with Crippen LogP contribution in [0.2, 0.25) is 0 Å². The molecule has 0 radical (unpaired) electrons. The topological polar surface area (TPSA) is 136 Å². The highest BCUT2D eigenvalue weighted by Gasteiger charge is 2.28. The number of rotatable bonds is 7. The summed E-state index contributed by atoms with van der Waals surface area (Å²) in [7, 11) is -2.81. The lowest BCUT2D eigenvalue weighted by molar-refractivity contribution is -0.140. The Hall–Kier alpha value is -2.13. The molecule has 1 aromatic carbocycles. The number of amides is 1. The fourth-order valence-corrected chi connectivity index (χ4v) is 3.12. The molecule has 1 unspecified atom stereocenters. The maximum Gasteiger partial charge on any atom is 0.322 e. The van der Waals surface area contributed by atoms with Crippen molar-refractivity contribution in [2.24, 2.45) is 11.7 Å². The number of ether oxygens (including phenoxy) is 1. The van der Waals surface area contributed by atoms with Gasteiger partial charge in [-0.05, 0) is 24.1 Å². The van der Waals surface area contributed by atoms with E-state index in [2.05, 4.69) is 4.72 Å². The molecule has 0 spiro atoms. The van der Waals surface area contributed by atoms with Gasteiger partial charge in [0.15, 0.2) is 0 Å².